The maximum absolute atomic E-state index is 5.56. The van der Waals surface area contributed by atoms with Crippen molar-refractivity contribution in [1.29, 1.82) is 0 Å². The van der Waals surface area contributed by atoms with Crippen LogP contribution < -0.4 is 5.32 Å². The zero-order valence-corrected chi connectivity index (χ0v) is 11.8. The van der Waals surface area contributed by atoms with Gasteiger partial charge in [-0.05, 0) is 43.9 Å². The normalized spacial score (nSPS) is 26.2. The molecule has 0 bridgehead atoms. The Morgan fingerprint density at radius 3 is 3.00 bits per heavy atom. The third kappa shape index (κ3) is 3.28. The molecule has 1 aromatic rings. The number of likely N-dealkylation sites (N-methyl/N-ethyl adjacent to an activating group) is 1. The number of para-hydroxylation sites is 1. The molecule has 2 atom stereocenters. The van der Waals surface area contributed by atoms with E-state index in [2.05, 4.69) is 41.5 Å². The zero-order valence-electron chi connectivity index (χ0n) is 11.8. The Balaban J connectivity index is 1.47. The summed E-state index contributed by atoms with van der Waals surface area (Å²) in [5.41, 5.74) is 2.78. The van der Waals surface area contributed by atoms with Crippen molar-refractivity contribution in [3.05, 3.63) is 29.8 Å². The van der Waals surface area contributed by atoms with E-state index >= 15 is 0 Å². The van der Waals surface area contributed by atoms with E-state index in [-0.39, 0.29) is 0 Å². The average Bonchev–Trinajstić information content (AvgIpc) is 2.81. The third-order valence-corrected chi connectivity index (χ3v) is 4.20. The quantitative estimate of drug-likeness (QED) is 0.899. The second-order valence-electron chi connectivity index (χ2n) is 6.01. The van der Waals surface area contributed by atoms with Gasteiger partial charge in [-0.15, -0.1) is 0 Å². The van der Waals surface area contributed by atoms with Crippen LogP contribution in [0.25, 0.3) is 0 Å². The summed E-state index contributed by atoms with van der Waals surface area (Å²) in [6.07, 6.45) is 3.70. The Morgan fingerprint density at radius 2 is 2.21 bits per heavy atom. The molecule has 1 N–H and O–H groups in total. The molecule has 19 heavy (non-hydrogen) atoms. The van der Waals surface area contributed by atoms with E-state index in [1.54, 1.807) is 0 Å². The van der Waals surface area contributed by atoms with Gasteiger partial charge in [0.25, 0.3) is 0 Å². The van der Waals surface area contributed by atoms with E-state index in [1.165, 1.54) is 24.1 Å². The fraction of sp³-hybridized carbons (Fsp3) is 0.625. The van der Waals surface area contributed by atoms with Crippen LogP contribution in [-0.4, -0.2) is 44.3 Å². The Labute approximate surface area is 115 Å². The number of rotatable bonds is 4. The Kier molecular flexibility index (Phi) is 4.04. The first kappa shape index (κ1) is 12.9. The summed E-state index contributed by atoms with van der Waals surface area (Å²) in [6.45, 7) is 4.18. The summed E-state index contributed by atoms with van der Waals surface area (Å²) in [7, 11) is 2.24. The highest BCUT2D eigenvalue weighted by Crippen LogP contribution is 2.25. The van der Waals surface area contributed by atoms with Crippen LogP contribution in [0.5, 0.6) is 0 Å². The molecule has 2 aliphatic rings. The molecule has 1 saturated heterocycles. The second kappa shape index (κ2) is 5.93. The van der Waals surface area contributed by atoms with Crippen LogP contribution in [-0.2, 0) is 11.2 Å². The molecule has 0 radical (unpaired) electrons. The monoisotopic (exact) mass is 260 g/mol. The fourth-order valence-corrected chi connectivity index (χ4v) is 3.33. The zero-order chi connectivity index (χ0) is 13.1. The topological polar surface area (TPSA) is 24.5 Å². The number of fused-ring (bicyclic) bond motifs is 1. The van der Waals surface area contributed by atoms with Crippen molar-refractivity contribution in [1.82, 2.24) is 4.90 Å². The molecule has 2 heterocycles. The van der Waals surface area contributed by atoms with E-state index in [1.807, 2.05) is 0 Å². The lowest BCUT2D eigenvalue weighted by Crippen LogP contribution is -2.37. The molecular formula is C16H24N2O. The predicted molar refractivity (Wildman–Crippen MR) is 78.6 cm³/mol. The van der Waals surface area contributed by atoms with Gasteiger partial charge in [-0.3, -0.25) is 0 Å². The third-order valence-electron chi connectivity index (χ3n) is 4.20. The Hall–Kier alpha value is -1.06. The van der Waals surface area contributed by atoms with Gasteiger partial charge in [-0.25, -0.2) is 0 Å². The second-order valence-corrected chi connectivity index (χ2v) is 6.01. The highest BCUT2D eigenvalue weighted by molar-refractivity contribution is 5.56. The molecule has 0 saturated carbocycles. The van der Waals surface area contributed by atoms with Gasteiger partial charge < -0.3 is 15.0 Å². The number of nitrogens with zero attached hydrogens (tertiary/aromatic N) is 1. The number of anilines is 1. The average molecular weight is 260 g/mol. The largest absolute Gasteiger partial charge is 0.381 e. The van der Waals surface area contributed by atoms with Crippen molar-refractivity contribution in [2.24, 2.45) is 5.92 Å². The summed E-state index contributed by atoms with van der Waals surface area (Å²) < 4.78 is 5.56. The van der Waals surface area contributed by atoms with Crippen LogP contribution in [0.3, 0.4) is 0 Å². The summed E-state index contributed by atoms with van der Waals surface area (Å²) in [5.74, 6) is 0.725. The van der Waals surface area contributed by atoms with Gasteiger partial charge in [-0.1, -0.05) is 18.2 Å². The summed E-state index contributed by atoms with van der Waals surface area (Å²) in [5, 5.41) is 3.63. The van der Waals surface area contributed by atoms with Gasteiger partial charge in [0, 0.05) is 31.4 Å². The van der Waals surface area contributed by atoms with E-state index in [4.69, 9.17) is 4.74 Å². The van der Waals surface area contributed by atoms with Gasteiger partial charge >= 0.3 is 0 Å². The van der Waals surface area contributed by atoms with Gasteiger partial charge in [0.2, 0.25) is 0 Å². The molecule has 3 heteroatoms. The number of hydrogen-bond acceptors (Lipinski definition) is 3. The minimum Gasteiger partial charge on any atom is -0.381 e. The van der Waals surface area contributed by atoms with Gasteiger partial charge in [0.15, 0.2) is 0 Å². The fourth-order valence-electron chi connectivity index (χ4n) is 3.33. The molecule has 2 unspecified atom stereocenters. The maximum atomic E-state index is 5.56. The lowest BCUT2D eigenvalue weighted by molar-refractivity contribution is 0.0417. The lowest BCUT2D eigenvalue weighted by Gasteiger charge is -2.28. The van der Waals surface area contributed by atoms with Crippen LogP contribution in [0.2, 0.25) is 0 Å². The SMILES string of the molecule is CN(CC1CCCOC1)CC1Cc2ccccc2N1. The Morgan fingerprint density at radius 1 is 1.32 bits per heavy atom. The van der Waals surface area contributed by atoms with Crippen molar-refractivity contribution in [3.8, 4) is 0 Å². The first-order valence-electron chi connectivity index (χ1n) is 7.42. The van der Waals surface area contributed by atoms with E-state index in [0.717, 1.165) is 38.6 Å². The minimum absolute atomic E-state index is 0.562. The number of ether oxygens (including phenoxy) is 1. The van der Waals surface area contributed by atoms with Crippen molar-refractivity contribution >= 4 is 5.69 Å². The van der Waals surface area contributed by atoms with Gasteiger partial charge in [0.05, 0.1) is 6.61 Å². The van der Waals surface area contributed by atoms with E-state index in [0.29, 0.717) is 6.04 Å². The molecule has 3 nitrogen and oxygen atoms in total. The first-order valence-corrected chi connectivity index (χ1v) is 7.42. The molecule has 0 aliphatic carbocycles. The smallest absolute Gasteiger partial charge is 0.0506 e. The Bertz CT molecular complexity index is 390. The van der Waals surface area contributed by atoms with Crippen molar-refractivity contribution < 1.29 is 4.74 Å². The van der Waals surface area contributed by atoms with Crippen LogP contribution in [0.4, 0.5) is 5.69 Å². The molecule has 1 aromatic carbocycles. The maximum Gasteiger partial charge on any atom is 0.0506 e. The molecular weight excluding hydrogens is 236 g/mol. The molecule has 1 fully saturated rings. The molecule has 0 aromatic heterocycles. The van der Waals surface area contributed by atoms with Crippen molar-refractivity contribution in [2.75, 3.05) is 38.7 Å². The highest BCUT2D eigenvalue weighted by atomic mass is 16.5. The predicted octanol–water partition coefficient (Wildman–Crippen LogP) is 2.38. The molecule has 0 amide bonds. The molecule has 3 rings (SSSR count). The van der Waals surface area contributed by atoms with Gasteiger partial charge in [0.1, 0.15) is 0 Å². The molecule has 2 aliphatic heterocycles. The first-order chi connectivity index (χ1) is 9.31. The lowest BCUT2D eigenvalue weighted by atomic mass is 10.0. The number of nitrogens with one attached hydrogen (secondary N) is 1. The molecule has 104 valence electrons. The van der Waals surface area contributed by atoms with E-state index < -0.39 is 0 Å². The van der Waals surface area contributed by atoms with Crippen LogP contribution in [0.1, 0.15) is 18.4 Å². The van der Waals surface area contributed by atoms with Gasteiger partial charge in [-0.2, -0.15) is 0 Å². The van der Waals surface area contributed by atoms with Crippen LogP contribution in [0, 0.1) is 5.92 Å². The van der Waals surface area contributed by atoms with Crippen LogP contribution in [0.15, 0.2) is 24.3 Å². The highest BCUT2D eigenvalue weighted by Gasteiger charge is 2.22. The summed E-state index contributed by atoms with van der Waals surface area (Å²) in [6, 6.07) is 9.22. The van der Waals surface area contributed by atoms with Crippen molar-refractivity contribution in [2.45, 2.75) is 25.3 Å². The summed E-state index contributed by atoms with van der Waals surface area (Å²) >= 11 is 0. The summed E-state index contributed by atoms with van der Waals surface area (Å²) in [4.78, 5) is 2.46. The van der Waals surface area contributed by atoms with Crippen molar-refractivity contribution in [3.63, 3.8) is 0 Å². The number of hydrogen-bond donors (Lipinski definition) is 1. The standard InChI is InChI=1S/C16H24N2O/c1-18(10-13-5-4-8-19-12-13)11-15-9-14-6-2-3-7-16(14)17-15/h2-3,6-7,13,15,17H,4-5,8-12H2,1H3. The molecule has 0 spiro atoms. The van der Waals surface area contributed by atoms with E-state index in [9.17, 15) is 0 Å². The number of benzene rings is 1. The van der Waals surface area contributed by atoms with Crippen LogP contribution >= 0.6 is 0 Å². The minimum atomic E-state index is 0.562.